The van der Waals surface area contributed by atoms with E-state index in [1.165, 1.54) is 41.2 Å². The van der Waals surface area contributed by atoms with Crippen LogP contribution in [0.3, 0.4) is 0 Å². The van der Waals surface area contributed by atoms with Gasteiger partial charge in [0.1, 0.15) is 12.2 Å². The van der Waals surface area contributed by atoms with Gasteiger partial charge in [-0.05, 0) is 12.5 Å². The van der Waals surface area contributed by atoms with Gasteiger partial charge in [0.25, 0.3) is 6.23 Å². The first-order valence-corrected chi connectivity index (χ1v) is 8.27. The molecule has 1 saturated heterocycles. The van der Waals surface area contributed by atoms with Crippen molar-refractivity contribution in [1.82, 2.24) is 5.01 Å². The zero-order valence-corrected chi connectivity index (χ0v) is 14.6. The number of aliphatic hydroxyl groups is 3. The van der Waals surface area contributed by atoms with Gasteiger partial charge in [0.15, 0.2) is 30.4 Å². The Kier molecular flexibility index (Phi) is 6.91. The molecule has 0 amide bonds. The van der Waals surface area contributed by atoms with E-state index >= 15 is 0 Å². The Labute approximate surface area is 154 Å². The molecule has 0 aromatic carbocycles. The molecule has 11 nitrogen and oxygen atoms in total. The number of nitroso groups, excluding NO2 is 1. The van der Waals surface area contributed by atoms with Crippen molar-refractivity contribution in [2.24, 2.45) is 5.29 Å². The van der Waals surface area contributed by atoms with E-state index in [0.717, 1.165) is 0 Å². The fourth-order valence-electron chi connectivity index (χ4n) is 2.78. The lowest BCUT2D eigenvalue weighted by Crippen LogP contribution is -2.63. The second-order valence-electron chi connectivity index (χ2n) is 6.29. The molecule has 0 aliphatic carbocycles. The van der Waals surface area contributed by atoms with Crippen molar-refractivity contribution in [3.05, 3.63) is 35.0 Å². The lowest BCUT2D eigenvalue weighted by atomic mass is 9.97. The van der Waals surface area contributed by atoms with Gasteiger partial charge in [0.05, 0.1) is 10.8 Å². The van der Waals surface area contributed by atoms with Gasteiger partial charge in [0.2, 0.25) is 0 Å². The maximum absolute atomic E-state index is 12.3. The highest BCUT2D eigenvalue weighted by atomic mass is 16.6. The van der Waals surface area contributed by atoms with Crippen molar-refractivity contribution >= 4 is 11.8 Å². The lowest BCUT2D eigenvalue weighted by molar-refractivity contribution is -0.777. The van der Waals surface area contributed by atoms with Crippen LogP contribution in [0.5, 0.6) is 0 Å². The number of carboxylic acids is 1. The third-order valence-corrected chi connectivity index (χ3v) is 4.29. The standard InChI is InChI=1S/C16H21N3O8/c1-18(17-26)6-3-5-10(20)9-4-2-7-19(8-9)15-13(23)11(21)12(22)14(27-15)16(24)25/h2,4,7-8,11-15,21-23H,3,5-6H2,1H3/p+1/t11?,12-,13-,14?,15+/m0/s1. The second-order valence-corrected chi connectivity index (χ2v) is 6.29. The zero-order valence-electron chi connectivity index (χ0n) is 14.6. The number of hydrogen-bond acceptors (Lipinski definition) is 8. The molecule has 1 aliphatic heterocycles. The topological polar surface area (TPSA) is 161 Å². The molecule has 2 rings (SSSR count). The summed E-state index contributed by atoms with van der Waals surface area (Å²) in [4.78, 5) is 33.8. The Balaban J connectivity index is 2.14. The summed E-state index contributed by atoms with van der Waals surface area (Å²) in [7, 11) is 1.49. The number of ketones is 1. The van der Waals surface area contributed by atoms with E-state index in [4.69, 9.17) is 9.84 Å². The van der Waals surface area contributed by atoms with Crippen LogP contribution in [0.15, 0.2) is 29.8 Å². The van der Waals surface area contributed by atoms with Crippen LogP contribution in [0.4, 0.5) is 0 Å². The van der Waals surface area contributed by atoms with Crippen molar-refractivity contribution in [3.8, 4) is 0 Å². The SMILES string of the molecule is CN(CCCC(=O)c1ccc[n+]([C@@H]2OC(C(=O)O)[C@@H](O)C(O)[C@@H]2O)c1)N=O. The molecule has 0 spiro atoms. The van der Waals surface area contributed by atoms with Crippen LogP contribution in [0.25, 0.3) is 0 Å². The van der Waals surface area contributed by atoms with Gasteiger partial charge < -0.3 is 25.2 Å². The number of hydrogen-bond donors (Lipinski definition) is 4. The number of Topliss-reactive ketones (excluding diaryl/α,β-unsaturated/α-hetero) is 1. The molecule has 0 radical (unpaired) electrons. The predicted molar refractivity (Wildman–Crippen MR) is 88.2 cm³/mol. The molecule has 1 fully saturated rings. The average molecular weight is 384 g/mol. The Morgan fingerprint density at radius 3 is 2.59 bits per heavy atom. The van der Waals surface area contributed by atoms with Crippen molar-refractivity contribution in [2.75, 3.05) is 13.6 Å². The van der Waals surface area contributed by atoms with Gasteiger partial charge in [-0.1, -0.05) is 0 Å². The number of rotatable bonds is 8. The lowest BCUT2D eigenvalue weighted by Gasteiger charge is -2.35. The molecule has 148 valence electrons. The largest absolute Gasteiger partial charge is 0.479 e. The Hall–Kier alpha value is -2.47. The molecule has 27 heavy (non-hydrogen) atoms. The Bertz CT molecular complexity index is 700. The smallest absolute Gasteiger partial charge is 0.335 e. The van der Waals surface area contributed by atoms with E-state index < -0.39 is 36.6 Å². The van der Waals surface area contributed by atoms with Crippen LogP contribution in [-0.4, -0.2) is 75.2 Å². The van der Waals surface area contributed by atoms with Gasteiger partial charge in [-0.3, -0.25) is 9.80 Å². The number of aliphatic hydroxyl groups excluding tert-OH is 3. The van der Waals surface area contributed by atoms with Gasteiger partial charge in [-0.15, -0.1) is 4.91 Å². The van der Waals surface area contributed by atoms with E-state index in [0.29, 0.717) is 13.0 Å². The van der Waals surface area contributed by atoms with E-state index in [1.54, 1.807) is 0 Å². The van der Waals surface area contributed by atoms with Crippen molar-refractivity contribution in [3.63, 3.8) is 0 Å². The molecule has 1 aliphatic rings. The first kappa shape index (κ1) is 20.8. The number of aromatic nitrogens is 1. The van der Waals surface area contributed by atoms with Crippen LogP contribution in [-0.2, 0) is 9.53 Å². The number of carboxylic acid groups (broad SMARTS) is 1. The highest BCUT2D eigenvalue weighted by Gasteiger charge is 2.51. The summed E-state index contributed by atoms with van der Waals surface area (Å²) in [6.45, 7) is 0.316. The van der Waals surface area contributed by atoms with Crippen LogP contribution in [0, 0.1) is 4.91 Å². The first-order valence-electron chi connectivity index (χ1n) is 8.27. The van der Waals surface area contributed by atoms with Crippen molar-refractivity contribution in [1.29, 1.82) is 0 Å². The molecule has 1 aromatic rings. The summed E-state index contributed by atoms with van der Waals surface area (Å²) in [6.07, 6.45) is -4.79. The van der Waals surface area contributed by atoms with Crippen LogP contribution in [0.1, 0.15) is 29.4 Å². The third kappa shape index (κ3) is 4.83. The molecule has 2 unspecified atom stereocenters. The van der Waals surface area contributed by atoms with Crippen molar-refractivity contribution in [2.45, 2.75) is 43.5 Å². The van der Waals surface area contributed by atoms with E-state index in [-0.39, 0.29) is 17.8 Å². The molecule has 4 N–H and O–H groups in total. The molecular formula is C16H22N3O8+. The predicted octanol–water partition coefficient (Wildman–Crippen LogP) is -1.39. The van der Waals surface area contributed by atoms with Gasteiger partial charge in [-0.2, -0.15) is 4.57 Å². The van der Waals surface area contributed by atoms with Crippen LogP contribution in [0.2, 0.25) is 0 Å². The number of aliphatic carboxylic acids is 1. The van der Waals surface area contributed by atoms with Crippen LogP contribution < -0.4 is 4.57 Å². The normalized spacial score (nSPS) is 27.8. The number of carbonyl (C=O) groups is 2. The molecule has 5 atom stereocenters. The number of ether oxygens (including phenoxy) is 1. The summed E-state index contributed by atoms with van der Waals surface area (Å²) in [5.74, 6) is -1.72. The van der Waals surface area contributed by atoms with E-state index in [9.17, 15) is 29.8 Å². The molecular weight excluding hydrogens is 362 g/mol. The highest BCUT2D eigenvalue weighted by Crippen LogP contribution is 2.25. The molecule has 11 heteroatoms. The summed E-state index contributed by atoms with van der Waals surface area (Å²) in [5.41, 5.74) is 0.280. The number of pyridine rings is 1. The monoisotopic (exact) mass is 384 g/mol. The minimum absolute atomic E-state index is 0.150. The minimum Gasteiger partial charge on any atom is -0.479 e. The molecule has 1 aromatic heterocycles. The maximum atomic E-state index is 12.3. The quantitative estimate of drug-likeness (QED) is 0.183. The van der Waals surface area contributed by atoms with Gasteiger partial charge in [-0.25, -0.2) is 4.79 Å². The summed E-state index contributed by atoms with van der Waals surface area (Å²) in [6, 6.07) is 3.05. The van der Waals surface area contributed by atoms with Crippen LogP contribution >= 0.6 is 0 Å². The van der Waals surface area contributed by atoms with Gasteiger partial charge in [0, 0.05) is 26.1 Å². The van der Waals surface area contributed by atoms with E-state index in [1.807, 2.05) is 0 Å². The Morgan fingerprint density at radius 2 is 1.96 bits per heavy atom. The summed E-state index contributed by atoms with van der Waals surface area (Å²) < 4.78 is 6.49. The summed E-state index contributed by atoms with van der Waals surface area (Å²) in [5, 5.41) is 42.8. The fourth-order valence-corrected chi connectivity index (χ4v) is 2.78. The second kappa shape index (κ2) is 8.95. The zero-order chi connectivity index (χ0) is 20.1. The highest BCUT2D eigenvalue weighted by molar-refractivity contribution is 5.95. The molecule has 0 saturated carbocycles. The molecule has 0 bridgehead atoms. The number of carbonyl (C=O) groups excluding carboxylic acids is 1. The minimum atomic E-state index is -1.79. The Morgan fingerprint density at radius 1 is 1.26 bits per heavy atom. The summed E-state index contributed by atoms with van der Waals surface area (Å²) >= 11 is 0. The van der Waals surface area contributed by atoms with Gasteiger partial charge >= 0.3 is 5.97 Å². The molecule has 2 heterocycles. The maximum Gasteiger partial charge on any atom is 0.335 e. The third-order valence-electron chi connectivity index (χ3n) is 4.29. The first-order chi connectivity index (χ1) is 12.8. The number of nitrogens with zero attached hydrogens (tertiary/aromatic N) is 3. The van der Waals surface area contributed by atoms with E-state index in [2.05, 4.69) is 5.29 Å². The van der Waals surface area contributed by atoms with Crippen molar-refractivity contribution < 1.29 is 39.3 Å². The fraction of sp³-hybridized carbons (Fsp3) is 0.562. The average Bonchev–Trinajstić information content (AvgIpc) is 2.65.